The van der Waals surface area contributed by atoms with Gasteiger partial charge in [-0.05, 0) is 31.2 Å². The summed E-state index contributed by atoms with van der Waals surface area (Å²) in [5.74, 6) is 0. The highest BCUT2D eigenvalue weighted by molar-refractivity contribution is 7.99. The minimum Gasteiger partial charge on any atom is -0.384 e. The number of benzene rings is 1. The molecule has 1 aromatic rings. The lowest BCUT2D eigenvalue weighted by molar-refractivity contribution is 0.579. The van der Waals surface area contributed by atoms with E-state index >= 15 is 0 Å². The van der Waals surface area contributed by atoms with Gasteiger partial charge >= 0.3 is 0 Å². The number of anilines is 1. The van der Waals surface area contributed by atoms with Gasteiger partial charge in [-0.3, -0.25) is 0 Å². The van der Waals surface area contributed by atoms with E-state index in [1.165, 1.54) is 0 Å². The molecule has 1 unspecified atom stereocenters. The molecule has 2 N–H and O–H groups in total. The zero-order valence-electron chi connectivity index (χ0n) is 12.3. The van der Waals surface area contributed by atoms with Crippen LogP contribution < -0.4 is 10.0 Å². The van der Waals surface area contributed by atoms with E-state index in [4.69, 9.17) is 0 Å². The fourth-order valence-electron chi connectivity index (χ4n) is 1.70. The second-order valence-electron chi connectivity index (χ2n) is 4.66. The van der Waals surface area contributed by atoms with E-state index in [9.17, 15) is 8.42 Å². The lowest BCUT2D eigenvalue weighted by atomic mass is 10.3. The topological polar surface area (TPSA) is 58.2 Å². The summed E-state index contributed by atoms with van der Waals surface area (Å²) in [6.45, 7) is 5.37. The zero-order valence-corrected chi connectivity index (χ0v) is 14.0. The third-order valence-corrected chi connectivity index (χ3v) is 5.55. The van der Waals surface area contributed by atoms with Crippen LogP contribution in [0.4, 0.5) is 5.69 Å². The molecular weight excluding hydrogens is 292 g/mol. The fourth-order valence-corrected chi connectivity index (χ4v) is 3.28. The first-order valence-electron chi connectivity index (χ1n) is 6.86. The number of para-hydroxylation sites is 1. The van der Waals surface area contributed by atoms with Crippen LogP contribution in [-0.2, 0) is 10.0 Å². The molecule has 4 nitrogen and oxygen atoms in total. The fraction of sp³-hybridized carbons (Fsp3) is 0.571. The van der Waals surface area contributed by atoms with Gasteiger partial charge in [0.2, 0.25) is 10.0 Å². The molecular formula is C14H24N2O2S2. The molecule has 0 bridgehead atoms. The Morgan fingerprint density at radius 2 is 1.95 bits per heavy atom. The Morgan fingerprint density at radius 3 is 2.60 bits per heavy atom. The maximum atomic E-state index is 12.3. The number of rotatable bonds is 9. The summed E-state index contributed by atoms with van der Waals surface area (Å²) < 4.78 is 27.3. The first-order chi connectivity index (χ1) is 9.51. The van der Waals surface area contributed by atoms with Crippen LogP contribution in [0.25, 0.3) is 0 Å². The molecule has 0 aliphatic heterocycles. The minimum atomic E-state index is -3.45. The summed E-state index contributed by atoms with van der Waals surface area (Å²) in [7, 11) is -3.45. The van der Waals surface area contributed by atoms with Crippen LogP contribution in [0.1, 0.15) is 26.7 Å². The van der Waals surface area contributed by atoms with E-state index in [-0.39, 0.29) is 0 Å². The molecule has 0 radical (unpaired) electrons. The highest BCUT2D eigenvalue weighted by Crippen LogP contribution is 2.20. The molecule has 114 valence electrons. The molecule has 0 spiro atoms. The highest BCUT2D eigenvalue weighted by atomic mass is 32.2. The third kappa shape index (κ3) is 5.34. The maximum Gasteiger partial charge on any atom is 0.242 e. The molecule has 1 rings (SSSR count). The van der Waals surface area contributed by atoms with Crippen molar-refractivity contribution in [1.82, 2.24) is 4.72 Å². The Bertz CT molecular complexity index is 504. The molecule has 1 aromatic carbocycles. The summed E-state index contributed by atoms with van der Waals surface area (Å²) in [6, 6.07) is 7.02. The van der Waals surface area contributed by atoms with Crippen LogP contribution in [0.15, 0.2) is 29.2 Å². The van der Waals surface area contributed by atoms with E-state index in [0.29, 0.717) is 22.4 Å². The van der Waals surface area contributed by atoms with Crippen molar-refractivity contribution in [1.29, 1.82) is 0 Å². The second-order valence-corrected chi connectivity index (χ2v) is 7.67. The van der Waals surface area contributed by atoms with Gasteiger partial charge in [0.05, 0.1) is 5.69 Å². The van der Waals surface area contributed by atoms with Gasteiger partial charge in [0.15, 0.2) is 0 Å². The first kappa shape index (κ1) is 17.3. The van der Waals surface area contributed by atoms with Crippen molar-refractivity contribution in [3.63, 3.8) is 0 Å². The van der Waals surface area contributed by atoms with Gasteiger partial charge in [0.1, 0.15) is 4.90 Å². The van der Waals surface area contributed by atoms with Crippen LogP contribution in [0.2, 0.25) is 0 Å². The van der Waals surface area contributed by atoms with Crippen molar-refractivity contribution in [3.8, 4) is 0 Å². The Hall–Kier alpha value is -0.720. The van der Waals surface area contributed by atoms with Crippen LogP contribution in [-0.4, -0.2) is 33.0 Å². The van der Waals surface area contributed by atoms with Crippen molar-refractivity contribution in [2.24, 2.45) is 0 Å². The number of sulfonamides is 1. The van der Waals surface area contributed by atoms with Crippen LogP contribution >= 0.6 is 11.8 Å². The summed E-state index contributed by atoms with van der Waals surface area (Å²) in [4.78, 5) is 0.324. The summed E-state index contributed by atoms with van der Waals surface area (Å²) in [5, 5.41) is 3.61. The molecule has 20 heavy (non-hydrogen) atoms. The van der Waals surface area contributed by atoms with Crippen molar-refractivity contribution in [3.05, 3.63) is 24.3 Å². The van der Waals surface area contributed by atoms with Gasteiger partial charge in [-0.25, -0.2) is 13.1 Å². The maximum absolute atomic E-state index is 12.3. The first-order valence-corrected chi connectivity index (χ1v) is 9.63. The Kier molecular flexibility index (Phi) is 7.40. The van der Waals surface area contributed by atoms with Crippen molar-refractivity contribution < 1.29 is 8.42 Å². The average molecular weight is 316 g/mol. The largest absolute Gasteiger partial charge is 0.384 e. The van der Waals surface area contributed by atoms with E-state index in [1.807, 2.05) is 19.2 Å². The van der Waals surface area contributed by atoms with E-state index in [2.05, 4.69) is 17.0 Å². The van der Waals surface area contributed by atoms with Crippen molar-refractivity contribution in [2.75, 3.05) is 24.7 Å². The molecule has 0 fully saturated rings. The van der Waals surface area contributed by atoms with Gasteiger partial charge in [0, 0.05) is 18.3 Å². The van der Waals surface area contributed by atoms with E-state index in [0.717, 1.165) is 19.4 Å². The quantitative estimate of drug-likeness (QED) is 0.735. The highest BCUT2D eigenvalue weighted by Gasteiger charge is 2.17. The smallest absolute Gasteiger partial charge is 0.242 e. The van der Waals surface area contributed by atoms with E-state index < -0.39 is 10.0 Å². The standard InChI is InChI=1S/C14H24N2O2S2/c1-4-10-15-13-7-5-6-8-14(13)20(17,18)16-11-9-12(2)19-3/h5-8,12,15-16H,4,9-11H2,1-3H3. The molecule has 0 amide bonds. The summed E-state index contributed by atoms with van der Waals surface area (Å²) in [6.07, 6.45) is 3.81. The normalized spacial score (nSPS) is 13.2. The van der Waals surface area contributed by atoms with Gasteiger partial charge in [0.25, 0.3) is 0 Å². The predicted molar refractivity (Wildman–Crippen MR) is 88.0 cm³/mol. The summed E-state index contributed by atoms with van der Waals surface area (Å²) in [5.41, 5.74) is 0.666. The van der Waals surface area contributed by atoms with Gasteiger partial charge in [-0.2, -0.15) is 11.8 Å². The predicted octanol–water partition coefficient (Wildman–Crippen LogP) is 2.93. The average Bonchev–Trinajstić information content (AvgIpc) is 2.45. The van der Waals surface area contributed by atoms with E-state index in [1.54, 1.807) is 30.0 Å². The monoisotopic (exact) mass is 316 g/mol. The molecule has 0 aromatic heterocycles. The lowest BCUT2D eigenvalue weighted by Crippen LogP contribution is -2.27. The SMILES string of the molecule is CCCNc1ccccc1S(=O)(=O)NCCC(C)SC. The molecule has 0 aliphatic carbocycles. The zero-order chi connectivity index (χ0) is 15.0. The number of hydrogen-bond acceptors (Lipinski definition) is 4. The van der Waals surface area contributed by atoms with Crippen LogP contribution in [0, 0.1) is 0 Å². The molecule has 0 saturated heterocycles. The molecule has 0 saturated carbocycles. The lowest BCUT2D eigenvalue weighted by Gasteiger charge is -2.13. The Morgan fingerprint density at radius 1 is 1.25 bits per heavy atom. The third-order valence-electron chi connectivity index (χ3n) is 2.99. The summed E-state index contributed by atoms with van der Waals surface area (Å²) >= 11 is 1.74. The Labute approximate surface area is 126 Å². The Balaban J connectivity index is 2.76. The minimum absolute atomic E-state index is 0.324. The molecule has 6 heteroatoms. The van der Waals surface area contributed by atoms with Crippen molar-refractivity contribution >= 4 is 27.5 Å². The molecule has 0 aliphatic rings. The van der Waals surface area contributed by atoms with Gasteiger partial charge in [-0.1, -0.05) is 26.0 Å². The van der Waals surface area contributed by atoms with Crippen LogP contribution in [0.3, 0.4) is 0 Å². The van der Waals surface area contributed by atoms with Crippen molar-refractivity contribution in [2.45, 2.75) is 36.8 Å². The van der Waals surface area contributed by atoms with Gasteiger partial charge < -0.3 is 5.32 Å². The molecule has 0 heterocycles. The number of nitrogens with one attached hydrogen (secondary N) is 2. The number of thioether (sulfide) groups is 1. The second kappa shape index (κ2) is 8.54. The molecule has 1 atom stereocenters. The van der Waals surface area contributed by atoms with Gasteiger partial charge in [-0.15, -0.1) is 0 Å². The number of hydrogen-bond donors (Lipinski definition) is 2. The van der Waals surface area contributed by atoms with Crippen LogP contribution in [0.5, 0.6) is 0 Å².